The summed E-state index contributed by atoms with van der Waals surface area (Å²) in [6, 6.07) is 8.33. The molecule has 32 heavy (non-hydrogen) atoms. The zero-order chi connectivity index (χ0) is 22.6. The Morgan fingerprint density at radius 3 is 2.56 bits per heavy atom. The standard InChI is InChI=1S/C23H28FN7O/c1-13-10-31(11-14(2)25-13)17-8-19-21(20(9-17)32-5)23(28-30(19)4)26-16-6-15-12-29(3)27-22(15)18(24)7-16/h6-9,12-14,25H,10-11H2,1-5H3,(H,26,28)/t13-,14+. The SMILES string of the molecule is COc1cc(N2C[C@@H](C)N[C@@H](C)C2)cc2c1c(Nc1cc(F)c3nn(C)cc3c1)nn2C. The van der Waals surface area contributed by atoms with Crippen molar-refractivity contribution in [2.24, 2.45) is 14.1 Å². The maximum Gasteiger partial charge on any atom is 0.164 e. The van der Waals surface area contributed by atoms with Crippen molar-refractivity contribution in [2.45, 2.75) is 25.9 Å². The highest BCUT2D eigenvalue weighted by atomic mass is 19.1. The molecule has 0 radical (unpaired) electrons. The molecule has 1 saturated heterocycles. The Kier molecular flexibility index (Phi) is 4.93. The van der Waals surface area contributed by atoms with Gasteiger partial charge in [0.05, 0.1) is 18.0 Å². The molecule has 8 nitrogen and oxygen atoms in total. The van der Waals surface area contributed by atoms with Gasteiger partial charge in [-0.2, -0.15) is 10.2 Å². The number of aryl methyl sites for hydroxylation is 2. The second-order valence-electron chi connectivity index (χ2n) is 8.71. The lowest BCUT2D eigenvalue weighted by Crippen LogP contribution is -2.54. The van der Waals surface area contributed by atoms with Gasteiger partial charge in [0.1, 0.15) is 11.3 Å². The molecule has 2 N–H and O–H groups in total. The number of halogens is 1. The van der Waals surface area contributed by atoms with E-state index < -0.39 is 0 Å². The summed E-state index contributed by atoms with van der Waals surface area (Å²) in [6.07, 6.45) is 1.79. The molecule has 168 valence electrons. The van der Waals surface area contributed by atoms with Crippen molar-refractivity contribution in [3.05, 3.63) is 36.3 Å². The van der Waals surface area contributed by atoms with E-state index in [0.29, 0.717) is 29.1 Å². The summed E-state index contributed by atoms with van der Waals surface area (Å²) < 4.78 is 23.8. The fourth-order valence-corrected chi connectivity index (χ4v) is 4.72. The number of aromatic nitrogens is 4. The minimum absolute atomic E-state index is 0.352. The van der Waals surface area contributed by atoms with Crippen molar-refractivity contribution < 1.29 is 9.13 Å². The topological polar surface area (TPSA) is 72.2 Å². The van der Waals surface area contributed by atoms with E-state index in [4.69, 9.17) is 4.74 Å². The average Bonchev–Trinajstić information content (AvgIpc) is 3.26. The third kappa shape index (κ3) is 3.52. The number of ether oxygens (including phenoxy) is 1. The second-order valence-corrected chi connectivity index (χ2v) is 8.71. The van der Waals surface area contributed by atoms with Crippen LogP contribution in [0.2, 0.25) is 0 Å². The van der Waals surface area contributed by atoms with Gasteiger partial charge < -0.3 is 20.3 Å². The minimum atomic E-state index is -0.373. The molecule has 4 aromatic rings. The van der Waals surface area contributed by atoms with Gasteiger partial charge >= 0.3 is 0 Å². The highest BCUT2D eigenvalue weighted by Gasteiger charge is 2.24. The summed E-state index contributed by atoms with van der Waals surface area (Å²) in [7, 11) is 5.35. The molecule has 2 atom stereocenters. The highest BCUT2D eigenvalue weighted by Crippen LogP contribution is 2.38. The minimum Gasteiger partial charge on any atom is -0.496 e. The predicted octanol–water partition coefficient (Wildman–Crippen LogP) is 3.54. The number of nitrogens with one attached hydrogen (secondary N) is 2. The number of nitrogens with zero attached hydrogens (tertiary/aromatic N) is 5. The van der Waals surface area contributed by atoms with Gasteiger partial charge in [0, 0.05) is 68.3 Å². The van der Waals surface area contributed by atoms with E-state index in [1.807, 2.05) is 17.8 Å². The number of fused-ring (bicyclic) bond motifs is 2. The Morgan fingerprint density at radius 1 is 1.09 bits per heavy atom. The van der Waals surface area contributed by atoms with Crippen LogP contribution in [0.5, 0.6) is 5.75 Å². The Morgan fingerprint density at radius 2 is 1.84 bits per heavy atom. The first-order valence-electron chi connectivity index (χ1n) is 10.8. The number of rotatable bonds is 4. The van der Waals surface area contributed by atoms with Crippen LogP contribution in [-0.2, 0) is 14.1 Å². The quantitative estimate of drug-likeness (QED) is 0.509. The zero-order valence-corrected chi connectivity index (χ0v) is 19.0. The van der Waals surface area contributed by atoms with Crippen LogP contribution in [0.3, 0.4) is 0 Å². The van der Waals surface area contributed by atoms with E-state index >= 15 is 0 Å². The fraction of sp³-hybridized carbons (Fsp3) is 0.391. The highest BCUT2D eigenvalue weighted by molar-refractivity contribution is 5.99. The van der Waals surface area contributed by atoms with Crippen LogP contribution in [0.4, 0.5) is 21.6 Å². The summed E-state index contributed by atoms with van der Waals surface area (Å²) in [5, 5.41) is 17.3. The monoisotopic (exact) mass is 437 g/mol. The largest absolute Gasteiger partial charge is 0.496 e. The average molecular weight is 438 g/mol. The Labute approximate surface area is 185 Å². The molecule has 1 aliphatic rings. The van der Waals surface area contributed by atoms with Gasteiger partial charge in [-0.1, -0.05) is 0 Å². The lowest BCUT2D eigenvalue weighted by molar-refractivity contribution is 0.404. The first-order valence-corrected chi connectivity index (χ1v) is 10.8. The molecule has 9 heteroatoms. The van der Waals surface area contributed by atoms with Crippen molar-refractivity contribution in [1.82, 2.24) is 24.9 Å². The Bertz CT molecular complexity index is 1300. The van der Waals surface area contributed by atoms with E-state index in [-0.39, 0.29) is 5.82 Å². The molecule has 2 aromatic heterocycles. The molecular weight excluding hydrogens is 409 g/mol. The Balaban J connectivity index is 1.56. The molecule has 0 bridgehead atoms. The van der Waals surface area contributed by atoms with E-state index in [0.717, 1.165) is 40.8 Å². The van der Waals surface area contributed by atoms with Crippen LogP contribution in [-0.4, -0.2) is 51.8 Å². The van der Waals surface area contributed by atoms with Gasteiger partial charge in [-0.25, -0.2) is 4.39 Å². The molecule has 2 aromatic carbocycles. The van der Waals surface area contributed by atoms with Crippen LogP contribution in [0, 0.1) is 5.82 Å². The van der Waals surface area contributed by atoms with E-state index in [2.05, 4.69) is 51.7 Å². The summed E-state index contributed by atoms with van der Waals surface area (Å²) >= 11 is 0. The van der Waals surface area contributed by atoms with Crippen LogP contribution >= 0.6 is 0 Å². The third-order valence-corrected chi connectivity index (χ3v) is 5.98. The van der Waals surface area contributed by atoms with Crippen LogP contribution in [0.15, 0.2) is 30.5 Å². The molecule has 5 rings (SSSR count). The van der Waals surface area contributed by atoms with Crippen LogP contribution in [0.25, 0.3) is 21.8 Å². The molecule has 0 saturated carbocycles. The molecule has 0 amide bonds. The number of hydrogen-bond acceptors (Lipinski definition) is 6. The second kappa shape index (κ2) is 7.67. The van der Waals surface area contributed by atoms with Gasteiger partial charge in [-0.3, -0.25) is 9.36 Å². The normalized spacial score (nSPS) is 19.1. The molecular formula is C23H28FN7O. The summed E-state index contributed by atoms with van der Waals surface area (Å²) in [6.45, 7) is 6.24. The Hall–Kier alpha value is -3.33. The number of anilines is 3. The van der Waals surface area contributed by atoms with Crippen molar-refractivity contribution in [1.29, 1.82) is 0 Å². The van der Waals surface area contributed by atoms with Crippen molar-refractivity contribution in [3.63, 3.8) is 0 Å². The number of piperazine rings is 1. The molecule has 3 heterocycles. The van der Waals surface area contributed by atoms with Crippen LogP contribution in [0.1, 0.15) is 13.8 Å². The molecule has 0 aliphatic carbocycles. The third-order valence-electron chi connectivity index (χ3n) is 5.98. The van der Waals surface area contributed by atoms with Crippen molar-refractivity contribution in [2.75, 3.05) is 30.4 Å². The number of hydrogen-bond donors (Lipinski definition) is 2. The smallest absolute Gasteiger partial charge is 0.164 e. The summed E-state index contributed by atoms with van der Waals surface area (Å²) in [5.41, 5.74) is 3.01. The lowest BCUT2D eigenvalue weighted by Gasteiger charge is -2.37. The van der Waals surface area contributed by atoms with Gasteiger partial charge in [0.2, 0.25) is 0 Å². The fourth-order valence-electron chi connectivity index (χ4n) is 4.72. The van der Waals surface area contributed by atoms with Gasteiger partial charge in [0.25, 0.3) is 0 Å². The summed E-state index contributed by atoms with van der Waals surface area (Å²) in [4.78, 5) is 2.37. The first kappa shape index (κ1) is 20.6. The molecule has 0 spiro atoms. The molecule has 0 unspecified atom stereocenters. The number of methoxy groups -OCH3 is 1. The van der Waals surface area contributed by atoms with Crippen molar-refractivity contribution >= 4 is 39.0 Å². The zero-order valence-electron chi connectivity index (χ0n) is 19.0. The van der Waals surface area contributed by atoms with E-state index in [1.165, 1.54) is 6.07 Å². The van der Waals surface area contributed by atoms with E-state index in [9.17, 15) is 4.39 Å². The summed E-state index contributed by atoms with van der Waals surface area (Å²) in [5.74, 6) is 0.979. The molecule has 1 aliphatic heterocycles. The van der Waals surface area contributed by atoms with Gasteiger partial charge in [0.15, 0.2) is 11.6 Å². The van der Waals surface area contributed by atoms with Gasteiger partial charge in [-0.15, -0.1) is 0 Å². The lowest BCUT2D eigenvalue weighted by atomic mass is 10.1. The van der Waals surface area contributed by atoms with Crippen molar-refractivity contribution in [3.8, 4) is 5.75 Å². The van der Waals surface area contributed by atoms with Gasteiger partial charge in [-0.05, 0) is 32.0 Å². The maximum atomic E-state index is 14.6. The number of benzene rings is 2. The van der Waals surface area contributed by atoms with Crippen LogP contribution < -0.4 is 20.3 Å². The van der Waals surface area contributed by atoms with E-state index in [1.54, 1.807) is 25.0 Å². The first-order chi connectivity index (χ1) is 15.3. The predicted molar refractivity (Wildman–Crippen MR) is 125 cm³/mol. The molecule has 1 fully saturated rings. The maximum absolute atomic E-state index is 14.6.